The summed E-state index contributed by atoms with van der Waals surface area (Å²) in [6.45, 7) is 0.697. The number of carbonyl (C=O) groups is 1. The SMILES string of the molecule is O=C(O)CCS(=O)(=O)N1CCc2[nH]c3ccccc3c2C1. The summed E-state index contributed by atoms with van der Waals surface area (Å²) in [7, 11) is -3.53. The van der Waals surface area contributed by atoms with Gasteiger partial charge in [0.1, 0.15) is 0 Å². The molecule has 2 heterocycles. The van der Waals surface area contributed by atoms with Gasteiger partial charge in [-0.3, -0.25) is 4.79 Å². The monoisotopic (exact) mass is 308 g/mol. The van der Waals surface area contributed by atoms with Crippen LogP contribution in [-0.4, -0.2) is 41.1 Å². The number of aromatic amines is 1. The van der Waals surface area contributed by atoms with Gasteiger partial charge in [-0.1, -0.05) is 18.2 Å². The van der Waals surface area contributed by atoms with Gasteiger partial charge in [0.2, 0.25) is 10.0 Å². The fourth-order valence-electron chi connectivity index (χ4n) is 2.72. The average Bonchev–Trinajstić information content (AvgIpc) is 2.83. The van der Waals surface area contributed by atoms with Crippen LogP contribution in [0.25, 0.3) is 10.9 Å². The van der Waals surface area contributed by atoms with E-state index in [4.69, 9.17) is 5.11 Å². The van der Waals surface area contributed by atoms with E-state index in [1.165, 1.54) is 4.31 Å². The van der Waals surface area contributed by atoms with Crippen molar-refractivity contribution in [2.24, 2.45) is 0 Å². The first-order valence-corrected chi connectivity index (χ1v) is 8.36. The molecule has 112 valence electrons. The van der Waals surface area contributed by atoms with E-state index in [1.807, 2.05) is 24.3 Å². The number of aromatic nitrogens is 1. The van der Waals surface area contributed by atoms with Gasteiger partial charge in [-0.2, -0.15) is 4.31 Å². The van der Waals surface area contributed by atoms with Crippen LogP contribution in [0.15, 0.2) is 24.3 Å². The molecule has 21 heavy (non-hydrogen) atoms. The first-order valence-electron chi connectivity index (χ1n) is 6.75. The predicted octanol–water partition coefficient (Wildman–Crippen LogP) is 1.33. The van der Waals surface area contributed by atoms with Crippen LogP contribution in [0.1, 0.15) is 17.7 Å². The Labute approximate surface area is 122 Å². The summed E-state index contributed by atoms with van der Waals surface area (Å²) in [5.74, 6) is -1.44. The molecule has 0 unspecified atom stereocenters. The van der Waals surface area contributed by atoms with E-state index in [1.54, 1.807) is 0 Å². The number of nitrogens with one attached hydrogen (secondary N) is 1. The van der Waals surface area contributed by atoms with Crippen LogP contribution >= 0.6 is 0 Å². The molecule has 0 bridgehead atoms. The summed E-state index contributed by atoms with van der Waals surface area (Å²) in [6, 6.07) is 7.80. The lowest BCUT2D eigenvalue weighted by atomic mass is 10.1. The minimum absolute atomic E-state index is 0.307. The fraction of sp³-hybridized carbons (Fsp3) is 0.357. The molecule has 0 saturated heterocycles. The number of aliphatic carboxylic acids is 1. The van der Waals surface area contributed by atoms with Gasteiger partial charge in [0.15, 0.2) is 0 Å². The summed E-state index contributed by atoms with van der Waals surface area (Å²) < 4.78 is 25.8. The van der Waals surface area contributed by atoms with E-state index in [9.17, 15) is 13.2 Å². The van der Waals surface area contributed by atoms with Crippen molar-refractivity contribution in [2.45, 2.75) is 19.4 Å². The second kappa shape index (κ2) is 5.16. The second-order valence-electron chi connectivity index (χ2n) is 5.17. The number of hydrogen-bond acceptors (Lipinski definition) is 3. The maximum Gasteiger partial charge on any atom is 0.304 e. The number of H-pyrrole nitrogens is 1. The molecule has 3 rings (SSSR count). The Kier molecular flexibility index (Phi) is 3.46. The molecule has 7 heteroatoms. The Hall–Kier alpha value is -1.86. The van der Waals surface area contributed by atoms with Crippen LogP contribution in [0.3, 0.4) is 0 Å². The minimum Gasteiger partial charge on any atom is -0.481 e. The molecule has 0 atom stereocenters. The van der Waals surface area contributed by atoms with Crippen molar-refractivity contribution in [3.8, 4) is 0 Å². The molecule has 0 aliphatic carbocycles. The first kappa shape index (κ1) is 14.1. The van der Waals surface area contributed by atoms with E-state index in [0.29, 0.717) is 19.5 Å². The summed E-state index contributed by atoms with van der Waals surface area (Å²) in [5.41, 5.74) is 3.07. The van der Waals surface area contributed by atoms with Gasteiger partial charge >= 0.3 is 5.97 Å². The van der Waals surface area contributed by atoms with Gasteiger partial charge in [0.05, 0.1) is 12.2 Å². The largest absolute Gasteiger partial charge is 0.481 e. The van der Waals surface area contributed by atoms with Crippen LogP contribution in [0.5, 0.6) is 0 Å². The highest BCUT2D eigenvalue weighted by Crippen LogP contribution is 2.28. The third-order valence-corrected chi connectivity index (χ3v) is 5.63. The molecular formula is C14H16N2O4S. The van der Waals surface area contributed by atoms with Crippen molar-refractivity contribution in [3.05, 3.63) is 35.5 Å². The molecule has 1 aliphatic heterocycles. The minimum atomic E-state index is -3.53. The molecule has 6 nitrogen and oxygen atoms in total. The Bertz CT molecular complexity index is 794. The van der Waals surface area contributed by atoms with Crippen molar-refractivity contribution >= 4 is 26.9 Å². The first-order chi connectivity index (χ1) is 9.97. The standard InChI is InChI=1S/C14H16N2O4S/c17-14(18)6-8-21(19,20)16-7-5-13-11(9-16)10-3-1-2-4-12(10)15-13/h1-4,15H,5-9H2,(H,17,18). The van der Waals surface area contributed by atoms with Gasteiger partial charge in [-0.25, -0.2) is 8.42 Å². The lowest BCUT2D eigenvalue weighted by Gasteiger charge is -2.26. The van der Waals surface area contributed by atoms with Crippen molar-refractivity contribution in [1.82, 2.24) is 9.29 Å². The number of hydrogen-bond donors (Lipinski definition) is 2. The fourth-order valence-corrected chi connectivity index (χ4v) is 4.11. The topological polar surface area (TPSA) is 90.5 Å². The number of sulfonamides is 1. The average molecular weight is 308 g/mol. The van der Waals surface area contributed by atoms with Gasteiger partial charge in [0, 0.05) is 36.1 Å². The Morgan fingerprint density at radius 1 is 1.33 bits per heavy atom. The number of fused-ring (bicyclic) bond motifs is 3. The molecule has 0 amide bonds. The van der Waals surface area contributed by atoms with Gasteiger partial charge in [0.25, 0.3) is 0 Å². The van der Waals surface area contributed by atoms with Crippen LogP contribution in [0.4, 0.5) is 0 Å². The zero-order chi connectivity index (χ0) is 15.0. The van der Waals surface area contributed by atoms with E-state index < -0.39 is 16.0 Å². The number of carboxylic acids is 1. The van der Waals surface area contributed by atoms with Crippen LogP contribution in [0.2, 0.25) is 0 Å². The molecule has 1 aromatic carbocycles. The van der Waals surface area contributed by atoms with E-state index in [-0.39, 0.29) is 12.2 Å². The molecule has 0 spiro atoms. The number of carboxylic acid groups (broad SMARTS) is 1. The molecule has 0 fully saturated rings. The summed E-state index contributed by atoms with van der Waals surface area (Å²) in [6.07, 6.45) is 0.260. The summed E-state index contributed by atoms with van der Waals surface area (Å²) in [5, 5.41) is 9.69. The molecule has 0 saturated carbocycles. The second-order valence-corrected chi connectivity index (χ2v) is 7.26. The van der Waals surface area contributed by atoms with Crippen LogP contribution in [0, 0.1) is 0 Å². The maximum absolute atomic E-state index is 12.2. The van der Waals surface area contributed by atoms with Crippen LogP contribution in [-0.2, 0) is 27.8 Å². The molecule has 0 radical (unpaired) electrons. The van der Waals surface area contributed by atoms with Crippen molar-refractivity contribution < 1.29 is 18.3 Å². The Morgan fingerprint density at radius 2 is 2.10 bits per heavy atom. The highest BCUT2D eigenvalue weighted by Gasteiger charge is 2.29. The smallest absolute Gasteiger partial charge is 0.304 e. The van der Waals surface area contributed by atoms with E-state index in [0.717, 1.165) is 22.2 Å². The number of benzene rings is 1. The third kappa shape index (κ3) is 2.66. The van der Waals surface area contributed by atoms with Gasteiger partial charge in [-0.05, 0) is 11.6 Å². The van der Waals surface area contributed by atoms with Crippen molar-refractivity contribution in [1.29, 1.82) is 0 Å². The number of para-hydroxylation sites is 1. The van der Waals surface area contributed by atoms with Gasteiger partial charge in [-0.15, -0.1) is 0 Å². The number of nitrogens with zero attached hydrogens (tertiary/aromatic N) is 1. The Morgan fingerprint density at radius 3 is 2.86 bits per heavy atom. The number of rotatable bonds is 4. The molecule has 2 N–H and O–H groups in total. The normalized spacial score (nSPS) is 16.0. The lowest BCUT2D eigenvalue weighted by molar-refractivity contribution is -0.136. The highest BCUT2D eigenvalue weighted by molar-refractivity contribution is 7.89. The highest BCUT2D eigenvalue weighted by atomic mass is 32.2. The maximum atomic E-state index is 12.2. The molecule has 2 aromatic rings. The summed E-state index contributed by atoms with van der Waals surface area (Å²) in [4.78, 5) is 13.9. The Balaban J connectivity index is 1.88. The zero-order valence-corrected chi connectivity index (χ0v) is 12.2. The van der Waals surface area contributed by atoms with Gasteiger partial charge < -0.3 is 10.1 Å². The quantitative estimate of drug-likeness (QED) is 0.891. The third-order valence-electron chi connectivity index (χ3n) is 3.81. The molecule has 1 aromatic heterocycles. The zero-order valence-electron chi connectivity index (χ0n) is 11.4. The predicted molar refractivity (Wildman–Crippen MR) is 78.5 cm³/mol. The van der Waals surface area contributed by atoms with Crippen LogP contribution < -0.4 is 0 Å². The molecular weight excluding hydrogens is 292 g/mol. The van der Waals surface area contributed by atoms with E-state index >= 15 is 0 Å². The summed E-state index contributed by atoms with van der Waals surface area (Å²) >= 11 is 0. The lowest BCUT2D eigenvalue weighted by Crippen LogP contribution is -2.37. The van der Waals surface area contributed by atoms with Crippen molar-refractivity contribution in [3.63, 3.8) is 0 Å². The van der Waals surface area contributed by atoms with Crippen molar-refractivity contribution in [2.75, 3.05) is 12.3 Å². The molecule has 1 aliphatic rings. The van der Waals surface area contributed by atoms with E-state index in [2.05, 4.69) is 4.98 Å².